The van der Waals surface area contributed by atoms with Crippen molar-refractivity contribution in [3.63, 3.8) is 0 Å². The molecule has 5 nitrogen and oxygen atoms in total. The minimum absolute atomic E-state index is 0. The van der Waals surface area contributed by atoms with Crippen LogP contribution in [0.1, 0.15) is 90.4 Å². The van der Waals surface area contributed by atoms with Gasteiger partial charge in [-0.15, -0.1) is 12.4 Å². The summed E-state index contributed by atoms with van der Waals surface area (Å²) in [5, 5.41) is 0. The minimum Gasteiger partial charge on any atom is -0.382 e. The highest BCUT2D eigenvalue weighted by molar-refractivity contribution is 5.85. The summed E-state index contributed by atoms with van der Waals surface area (Å²) in [6.07, 6.45) is 21.1. The van der Waals surface area contributed by atoms with Crippen molar-refractivity contribution in [2.45, 2.75) is 96.9 Å². The Kier molecular flexibility index (Phi) is 12.0. The molecule has 0 saturated carbocycles. The van der Waals surface area contributed by atoms with Gasteiger partial charge in [-0.1, -0.05) is 84.0 Å². The highest BCUT2D eigenvalue weighted by Gasteiger charge is 2.07. The van der Waals surface area contributed by atoms with Gasteiger partial charge in [0.15, 0.2) is 11.5 Å². The average molecular weight is 382 g/mol. The molecule has 2 N–H and O–H groups in total. The van der Waals surface area contributed by atoms with Crippen LogP contribution in [0.2, 0.25) is 0 Å². The van der Waals surface area contributed by atoms with Gasteiger partial charge in [0.2, 0.25) is 0 Å². The van der Waals surface area contributed by atoms with E-state index < -0.39 is 0 Å². The maximum absolute atomic E-state index is 5.93. The molecule has 0 aromatic carbocycles. The number of rotatable bonds is 14. The van der Waals surface area contributed by atoms with Crippen LogP contribution in [0.5, 0.6) is 0 Å². The van der Waals surface area contributed by atoms with Crippen LogP contribution in [0, 0.1) is 0 Å². The molecule has 0 spiro atoms. The first-order valence-electron chi connectivity index (χ1n) is 10.2. The van der Waals surface area contributed by atoms with Crippen LogP contribution < -0.4 is 5.73 Å². The molecule has 2 aromatic heterocycles. The van der Waals surface area contributed by atoms with Gasteiger partial charge in [0.1, 0.15) is 11.8 Å². The molecule has 0 atom stereocenters. The predicted molar refractivity (Wildman–Crippen MR) is 113 cm³/mol. The average Bonchev–Trinajstić information content (AvgIpc) is 3.03. The normalized spacial score (nSPS) is 11.0. The maximum atomic E-state index is 5.93. The monoisotopic (exact) mass is 381 g/mol. The number of hydrogen-bond acceptors (Lipinski definition) is 4. The van der Waals surface area contributed by atoms with Gasteiger partial charge in [-0.3, -0.25) is 0 Å². The van der Waals surface area contributed by atoms with Crippen LogP contribution in [0.25, 0.3) is 11.2 Å². The van der Waals surface area contributed by atoms with E-state index in [4.69, 9.17) is 5.73 Å². The molecule has 0 unspecified atom stereocenters. The Labute approximate surface area is 164 Å². The summed E-state index contributed by atoms with van der Waals surface area (Å²) in [5.74, 6) is 0.525. The predicted octanol–water partition coefficient (Wildman–Crippen LogP) is 5.92. The van der Waals surface area contributed by atoms with Gasteiger partial charge in [-0.25, -0.2) is 15.0 Å². The molecule has 0 bridgehead atoms. The zero-order valence-electron chi connectivity index (χ0n) is 16.3. The summed E-state index contributed by atoms with van der Waals surface area (Å²) < 4.78 is 2.09. The van der Waals surface area contributed by atoms with Crippen molar-refractivity contribution >= 4 is 29.4 Å². The van der Waals surface area contributed by atoms with Crippen LogP contribution in [0.4, 0.5) is 5.82 Å². The van der Waals surface area contributed by atoms with Crippen molar-refractivity contribution in [3.05, 3.63) is 12.7 Å². The van der Waals surface area contributed by atoms with Crippen molar-refractivity contribution < 1.29 is 0 Å². The number of anilines is 1. The van der Waals surface area contributed by atoms with Gasteiger partial charge in [-0.2, -0.15) is 0 Å². The first kappa shape index (κ1) is 22.7. The number of nitrogens with two attached hydrogens (primary N) is 1. The fraction of sp³-hybridized carbons (Fsp3) is 0.750. The Bertz CT molecular complexity index is 599. The molecule has 148 valence electrons. The quantitative estimate of drug-likeness (QED) is 0.412. The van der Waals surface area contributed by atoms with Crippen molar-refractivity contribution in [3.8, 4) is 0 Å². The summed E-state index contributed by atoms with van der Waals surface area (Å²) in [5.41, 5.74) is 7.51. The lowest BCUT2D eigenvalue weighted by Gasteiger charge is -2.05. The molecule has 0 aliphatic heterocycles. The van der Waals surface area contributed by atoms with E-state index in [1.54, 1.807) is 0 Å². The second kappa shape index (κ2) is 13.8. The van der Waals surface area contributed by atoms with Crippen molar-refractivity contribution in [2.24, 2.45) is 0 Å². The number of unbranched alkanes of at least 4 members (excludes halogenated alkanes) is 12. The Balaban J connectivity index is 0.00000338. The molecule has 0 radical (unpaired) electrons. The number of halogens is 1. The molecule has 0 saturated heterocycles. The van der Waals surface area contributed by atoms with Crippen LogP contribution in [-0.4, -0.2) is 19.5 Å². The van der Waals surface area contributed by atoms with Gasteiger partial charge in [0.25, 0.3) is 0 Å². The molecule has 2 heterocycles. The van der Waals surface area contributed by atoms with Gasteiger partial charge < -0.3 is 10.3 Å². The SMILES string of the molecule is CCCCCCCCCCCCCCCn1cnc2ncnc(N)c21.Cl. The van der Waals surface area contributed by atoms with Crippen LogP contribution in [0.15, 0.2) is 12.7 Å². The molecule has 26 heavy (non-hydrogen) atoms. The number of aromatic nitrogens is 4. The summed E-state index contributed by atoms with van der Waals surface area (Å²) >= 11 is 0. The molecule has 0 aliphatic carbocycles. The molecular weight excluding hydrogens is 346 g/mol. The first-order chi connectivity index (χ1) is 12.3. The lowest BCUT2D eigenvalue weighted by atomic mass is 10.0. The molecule has 0 fully saturated rings. The van der Waals surface area contributed by atoms with Gasteiger partial charge in [0.05, 0.1) is 6.33 Å². The second-order valence-corrected chi connectivity index (χ2v) is 7.11. The van der Waals surface area contributed by atoms with Gasteiger partial charge >= 0.3 is 0 Å². The highest BCUT2D eigenvalue weighted by Crippen LogP contribution is 2.17. The third kappa shape index (κ3) is 7.90. The van der Waals surface area contributed by atoms with E-state index in [0.717, 1.165) is 18.5 Å². The second-order valence-electron chi connectivity index (χ2n) is 7.11. The summed E-state index contributed by atoms with van der Waals surface area (Å²) in [4.78, 5) is 12.5. The molecule has 2 aromatic rings. The van der Waals surface area contributed by atoms with Gasteiger partial charge in [-0.05, 0) is 6.42 Å². The number of nitrogen functional groups attached to an aromatic ring is 1. The van der Waals surface area contributed by atoms with E-state index in [9.17, 15) is 0 Å². The number of aryl methyl sites for hydroxylation is 1. The van der Waals surface area contributed by atoms with Crippen LogP contribution in [-0.2, 0) is 6.54 Å². The van der Waals surface area contributed by atoms with E-state index in [2.05, 4.69) is 26.4 Å². The van der Waals surface area contributed by atoms with E-state index in [-0.39, 0.29) is 12.4 Å². The van der Waals surface area contributed by atoms with Crippen LogP contribution in [0.3, 0.4) is 0 Å². The fourth-order valence-electron chi connectivity index (χ4n) is 3.40. The lowest BCUT2D eigenvalue weighted by Crippen LogP contribution is -2.01. The van der Waals surface area contributed by atoms with Crippen molar-refractivity contribution in [1.29, 1.82) is 0 Å². The Morgan fingerprint density at radius 3 is 1.88 bits per heavy atom. The van der Waals surface area contributed by atoms with E-state index in [0.29, 0.717) is 11.5 Å². The van der Waals surface area contributed by atoms with Crippen molar-refractivity contribution in [2.75, 3.05) is 5.73 Å². The largest absolute Gasteiger partial charge is 0.382 e. The Morgan fingerprint density at radius 1 is 0.769 bits per heavy atom. The Hall–Kier alpha value is -1.36. The summed E-state index contributed by atoms with van der Waals surface area (Å²) in [7, 11) is 0. The van der Waals surface area contributed by atoms with Crippen LogP contribution >= 0.6 is 12.4 Å². The fourth-order valence-corrected chi connectivity index (χ4v) is 3.40. The molecule has 2 rings (SSSR count). The third-order valence-corrected chi connectivity index (χ3v) is 4.94. The third-order valence-electron chi connectivity index (χ3n) is 4.94. The smallest absolute Gasteiger partial charge is 0.182 e. The van der Waals surface area contributed by atoms with E-state index >= 15 is 0 Å². The number of nitrogens with zero attached hydrogens (tertiary/aromatic N) is 4. The highest BCUT2D eigenvalue weighted by atomic mass is 35.5. The zero-order valence-corrected chi connectivity index (χ0v) is 17.1. The number of fused-ring (bicyclic) bond motifs is 1. The topological polar surface area (TPSA) is 69.6 Å². The summed E-state index contributed by atoms with van der Waals surface area (Å²) in [6, 6.07) is 0. The van der Waals surface area contributed by atoms with E-state index in [1.807, 2.05) is 6.33 Å². The number of imidazole rings is 1. The zero-order chi connectivity index (χ0) is 17.7. The molecule has 6 heteroatoms. The van der Waals surface area contributed by atoms with Gasteiger partial charge in [0, 0.05) is 6.54 Å². The number of hydrogen-bond donors (Lipinski definition) is 1. The maximum Gasteiger partial charge on any atom is 0.182 e. The minimum atomic E-state index is 0. The van der Waals surface area contributed by atoms with Crippen molar-refractivity contribution in [1.82, 2.24) is 19.5 Å². The first-order valence-corrected chi connectivity index (χ1v) is 10.2. The van der Waals surface area contributed by atoms with E-state index in [1.165, 1.54) is 83.4 Å². The summed E-state index contributed by atoms with van der Waals surface area (Å²) in [6.45, 7) is 3.23. The molecule has 0 amide bonds. The lowest BCUT2D eigenvalue weighted by molar-refractivity contribution is 0.528. The molecular formula is C20H36ClN5. The molecule has 0 aliphatic rings. The standard InChI is InChI=1S/C20H35N5.ClH/c1-2-3-4-5-6-7-8-9-10-11-12-13-14-15-25-17-24-20-18(25)19(21)22-16-23-20;/h16-17H,2-15H2,1H3,(H2,21,22,23);1H. The Morgan fingerprint density at radius 2 is 1.31 bits per heavy atom.